The lowest BCUT2D eigenvalue weighted by Gasteiger charge is -2.03. The van der Waals surface area contributed by atoms with Crippen LogP contribution in [0.2, 0.25) is 0 Å². The van der Waals surface area contributed by atoms with E-state index in [1.54, 1.807) is 0 Å². The molecule has 0 bridgehead atoms. The van der Waals surface area contributed by atoms with Crippen molar-refractivity contribution < 1.29 is 24.4 Å². The number of hydrogen-bond acceptors (Lipinski definition) is 6. The molecule has 1 rings (SSSR count). The van der Waals surface area contributed by atoms with Gasteiger partial charge in [-0.25, -0.2) is 9.59 Å². The van der Waals surface area contributed by atoms with Crippen LogP contribution in [-0.4, -0.2) is 41.8 Å². The van der Waals surface area contributed by atoms with Crippen molar-refractivity contribution >= 4 is 23.8 Å². The van der Waals surface area contributed by atoms with Crippen LogP contribution in [0.3, 0.4) is 0 Å². The molecule has 0 aromatic heterocycles. The fraction of sp³-hybridized carbons (Fsp3) is 0.182. The Balaban J connectivity index is 3.15. The number of esters is 1. The Morgan fingerprint density at radius 1 is 1.53 bits per heavy atom. The van der Waals surface area contributed by atoms with E-state index in [1.807, 2.05) is 0 Å². The monoisotopic (exact) mass is 266 g/mol. The number of carboxylic acids is 1. The molecule has 1 aromatic carbocycles. The summed E-state index contributed by atoms with van der Waals surface area (Å²) in [5, 5.41) is 19.1. The largest absolute Gasteiger partial charge is 0.478 e. The van der Waals surface area contributed by atoms with E-state index in [4.69, 9.17) is 5.11 Å². The molecule has 0 spiro atoms. The summed E-state index contributed by atoms with van der Waals surface area (Å²) in [5.41, 5.74) is -0.0924. The van der Waals surface area contributed by atoms with Crippen molar-refractivity contribution in [3.05, 3.63) is 39.4 Å². The van der Waals surface area contributed by atoms with Crippen LogP contribution in [0.25, 0.3) is 0 Å². The highest BCUT2D eigenvalue weighted by Crippen LogP contribution is 2.21. The summed E-state index contributed by atoms with van der Waals surface area (Å²) in [6.45, 7) is -0.540. The summed E-state index contributed by atoms with van der Waals surface area (Å²) < 4.78 is 4.49. The topological polar surface area (TPSA) is 119 Å². The van der Waals surface area contributed by atoms with E-state index >= 15 is 0 Å². The Bertz CT molecular complexity index is 552. The average Bonchev–Trinajstić information content (AvgIpc) is 2.37. The molecule has 0 amide bonds. The minimum absolute atomic E-state index is 0.0442. The summed E-state index contributed by atoms with van der Waals surface area (Å²) >= 11 is 0. The van der Waals surface area contributed by atoms with Crippen LogP contribution in [0.5, 0.6) is 0 Å². The first-order valence-corrected chi connectivity index (χ1v) is 5.05. The molecule has 0 aliphatic rings. The van der Waals surface area contributed by atoms with E-state index in [1.165, 1.54) is 25.3 Å². The minimum Gasteiger partial charge on any atom is -0.478 e. The van der Waals surface area contributed by atoms with Crippen LogP contribution < -0.4 is 0 Å². The Hall–Kier alpha value is -2.77. The van der Waals surface area contributed by atoms with Crippen molar-refractivity contribution in [1.82, 2.24) is 0 Å². The molecule has 8 nitrogen and oxygen atoms in total. The van der Waals surface area contributed by atoms with E-state index in [0.29, 0.717) is 0 Å². The van der Waals surface area contributed by atoms with Crippen LogP contribution in [0.1, 0.15) is 20.7 Å². The summed E-state index contributed by atoms with van der Waals surface area (Å²) in [7, 11) is 1.18. The van der Waals surface area contributed by atoms with E-state index in [-0.39, 0.29) is 16.8 Å². The number of nitro groups is 1. The van der Waals surface area contributed by atoms with Crippen LogP contribution in [0, 0.1) is 10.1 Å². The van der Waals surface area contributed by atoms with Crippen LogP contribution in [-0.2, 0) is 4.74 Å². The van der Waals surface area contributed by atoms with Gasteiger partial charge in [0.1, 0.15) is 0 Å². The molecular weight excluding hydrogens is 256 g/mol. The van der Waals surface area contributed by atoms with E-state index in [2.05, 4.69) is 9.73 Å². The van der Waals surface area contributed by atoms with Gasteiger partial charge in [0.15, 0.2) is 0 Å². The maximum Gasteiger partial charge on any atom is 0.337 e. The van der Waals surface area contributed by atoms with Gasteiger partial charge >= 0.3 is 11.9 Å². The van der Waals surface area contributed by atoms with Gasteiger partial charge in [-0.05, 0) is 18.2 Å². The molecular formula is C11H10N2O6. The van der Waals surface area contributed by atoms with Gasteiger partial charge in [-0.2, -0.15) is 0 Å². The molecule has 1 N–H and O–H groups in total. The van der Waals surface area contributed by atoms with Gasteiger partial charge in [-0.1, -0.05) is 0 Å². The lowest BCUT2D eigenvalue weighted by atomic mass is 10.1. The van der Waals surface area contributed by atoms with Crippen molar-refractivity contribution in [1.29, 1.82) is 0 Å². The second-order valence-electron chi connectivity index (χ2n) is 3.36. The number of methoxy groups -OCH3 is 1. The molecule has 0 unspecified atom stereocenters. The molecule has 0 aliphatic heterocycles. The molecule has 0 saturated heterocycles. The normalized spacial score (nSPS) is 10.4. The van der Waals surface area contributed by atoms with E-state index in [9.17, 15) is 19.7 Å². The molecule has 0 atom stereocenters. The molecule has 100 valence electrons. The summed E-state index contributed by atoms with van der Waals surface area (Å²) in [5.74, 6) is -1.90. The molecule has 0 fully saturated rings. The first-order chi connectivity index (χ1) is 8.95. The molecule has 0 aliphatic carbocycles. The van der Waals surface area contributed by atoms with Gasteiger partial charge in [0.05, 0.1) is 30.1 Å². The summed E-state index contributed by atoms with van der Waals surface area (Å²) in [6.07, 6.45) is 0.961. The number of ether oxygens (including phenoxy) is 1. The Morgan fingerprint density at radius 2 is 2.21 bits per heavy atom. The molecule has 1 aromatic rings. The highest BCUT2D eigenvalue weighted by atomic mass is 16.6. The molecule has 8 heteroatoms. The third kappa shape index (κ3) is 3.87. The molecule has 19 heavy (non-hydrogen) atoms. The van der Waals surface area contributed by atoms with Gasteiger partial charge in [0, 0.05) is 4.92 Å². The van der Waals surface area contributed by atoms with Gasteiger partial charge in [-0.15, -0.1) is 0 Å². The number of aliphatic imine (C=N–C) groups is 1. The zero-order chi connectivity index (χ0) is 14.4. The fourth-order valence-corrected chi connectivity index (χ4v) is 1.27. The number of hydrogen-bond donors (Lipinski definition) is 1. The van der Waals surface area contributed by atoms with Gasteiger partial charge < -0.3 is 9.84 Å². The lowest BCUT2D eigenvalue weighted by Crippen LogP contribution is -2.04. The van der Waals surface area contributed by atoms with Gasteiger partial charge in [0.2, 0.25) is 6.54 Å². The van der Waals surface area contributed by atoms with Crippen molar-refractivity contribution in [2.24, 2.45) is 4.99 Å². The first kappa shape index (κ1) is 14.3. The second kappa shape index (κ2) is 6.24. The number of rotatable bonds is 5. The maximum absolute atomic E-state index is 11.3. The number of carboxylic acid groups (broad SMARTS) is 1. The van der Waals surface area contributed by atoms with Crippen molar-refractivity contribution in [3.63, 3.8) is 0 Å². The standard InChI is InChI=1S/C11H10N2O6/c1-19-11(16)7-2-3-8(10(14)15)9(6-7)12-4-5-13(17)18/h2-4,6H,5H2,1H3,(H,14,15). The predicted molar refractivity (Wildman–Crippen MR) is 64.8 cm³/mol. The lowest BCUT2D eigenvalue weighted by molar-refractivity contribution is -0.462. The SMILES string of the molecule is COC(=O)c1ccc(C(=O)O)c(N=CC[N+](=O)[O-])c1. The van der Waals surface area contributed by atoms with Gasteiger partial charge in [-0.3, -0.25) is 15.1 Å². The van der Waals surface area contributed by atoms with Crippen molar-refractivity contribution in [2.75, 3.05) is 13.7 Å². The highest BCUT2D eigenvalue weighted by molar-refractivity contribution is 5.97. The first-order valence-electron chi connectivity index (χ1n) is 5.05. The summed E-state index contributed by atoms with van der Waals surface area (Å²) in [4.78, 5) is 35.5. The third-order valence-electron chi connectivity index (χ3n) is 2.11. The number of carbonyl (C=O) groups excluding carboxylic acids is 1. The fourth-order valence-electron chi connectivity index (χ4n) is 1.27. The highest BCUT2D eigenvalue weighted by Gasteiger charge is 2.13. The number of carbonyl (C=O) groups is 2. The number of nitrogens with zero attached hydrogens (tertiary/aromatic N) is 2. The average molecular weight is 266 g/mol. The second-order valence-corrected chi connectivity index (χ2v) is 3.36. The Kier molecular flexibility index (Phi) is 4.69. The smallest absolute Gasteiger partial charge is 0.337 e. The van der Waals surface area contributed by atoms with Crippen LogP contribution >= 0.6 is 0 Å². The zero-order valence-electron chi connectivity index (χ0n) is 9.90. The predicted octanol–water partition coefficient (Wildman–Crippen LogP) is 1.15. The van der Waals surface area contributed by atoms with Crippen molar-refractivity contribution in [3.8, 4) is 0 Å². The maximum atomic E-state index is 11.3. The number of benzene rings is 1. The van der Waals surface area contributed by atoms with E-state index < -0.39 is 23.4 Å². The van der Waals surface area contributed by atoms with Crippen LogP contribution in [0.4, 0.5) is 5.69 Å². The van der Waals surface area contributed by atoms with E-state index in [0.717, 1.165) is 6.21 Å². The number of aromatic carboxylic acids is 1. The zero-order valence-corrected chi connectivity index (χ0v) is 9.90. The Labute approximate surface area is 107 Å². The third-order valence-corrected chi connectivity index (χ3v) is 2.11. The molecule has 0 saturated carbocycles. The quantitative estimate of drug-likeness (QED) is 0.369. The summed E-state index contributed by atoms with van der Waals surface area (Å²) in [6, 6.07) is 3.67. The Morgan fingerprint density at radius 3 is 2.74 bits per heavy atom. The molecule has 0 heterocycles. The van der Waals surface area contributed by atoms with Crippen LogP contribution in [0.15, 0.2) is 23.2 Å². The van der Waals surface area contributed by atoms with Crippen molar-refractivity contribution in [2.45, 2.75) is 0 Å². The minimum atomic E-state index is -1.25. The molecule has 0 radical (unpaired) electrons. The van der Waals surface area contributed by atoms with Gasteiger partial charge in [0.25, 0.3) is 0 Å².